The third kappa shape index (κ3) is 2.08. The molecule has 0 saturated carbocycles. The topological polar surface area (TPSA) is 80.1 Å². The lowest BCUT2D eigenvalue weighted by molar-refractivity contribution is -0.592. The van der Waals surface area contributed by atoms with Gasteiger partial charge in [0.15, 0.2) is 17.8 Å². The van der Waals surface area contributed by atoms with Crippen molar-refractivity contribution in [1.82, 2.24) is 0 Å². The third-order valence-electron chi connectivity index (χ3n) is 3.72. The van der Waals surface area contributed by atoms with Crippen molar-refractivity contribution >= 4 is 0 Å². The SMILES string of the molecule is CCC1([N+](=O)[O-])COC(c2ccc3c(c2)OCO3)OC1. The van der Waals surface area contributed by atoms with Gasteiger partial charge in [-0.15, -0.1) is 0 Å². The Morgan fingerprint density at radius 3 is 2.65 bits per heavy atom. The predicted molar refractivity (Wildman–Crippen MR) is 67.2 cm³/mol. The van der Waals surface area contributed by atoms with E-state index in [1.54, 1.807) is 19.1 Å². The van der Waals surface area contributed by atoms with E-state index >= 15 is 0 Å². The van der Waals surface area contributed by atoms with Crippen molar-refractivity contribution in [3.63, 3.8) is 0 Å². The predicted octanol–water partition coefficient (Wildman–Crippen LogP) is 1.89. The van der Waals surface area contributed by atoms with Crippen LogP contribution in [-0.2, 0) is 9.47 Å². The molecule has 0 aliphatic carbocycles. The smallest absolute Gasteiger partial charge is 0.267 e. The van der Waals surface area contributed by atoms with Crippen LogP contribution < -0.4 is 9.47 Å². The molecule has 7 nitrogen and oxygen atoms in total. The maximum absolute atomic E-state index is 11.1. The summed E-state index contributed by atoms with van der Waals surface area (Å²) >= 11 is 0. The molecule has 2 aliphatic rings. The van der Waals surface area contributed by atoms with Gasteiger partial charge in [-0.05, 0) is 18.2 Å². The second-order valence-electron chi connectivity index (χ2n) is 4.90. The Hall–Kier alpha value is -1.86. The van der Waals surface area contributed by atoms with Gasteiger partial charge in [-0.25, -0.2) is 0 Å². The average molecular weight is 281 g/mol. The first-order valence-corrected chi connectivity index (χ1v) is 6.42. The molecule has 20 heavy (non-hydrogen) atoms. The van der Waals surface area contributed by atoms with Crippen LogP contribution in [0.5, 0.6) is 11.5 Å². The third-order valence-corrected chi connectivity index (χ3v) is 3.72. The van der Waals surface area contributed by atoms with Crippen LogP contribution in [0.3, 0.4) is 0 Å². The van der Waals surface area contributed by atoms with E-state index in [4.69, 9.17) is 18.9 Å². The van der Waals surface area contributed by atoms with Gasteiger partial charge in [-0.1, -0.05) is 6.92 Å². The van der Waals surface area contributed by atoms with Crippen molar-refractivity contribution in [2.75, 3.05) is 20.0 Å². The molecule has 0 amide bonds. The summed E-state index contributed by atoms with van der Waals surface area (Å²) in [5, 5.41) is 11.1. The number of fused-ring (bicyclic) bond motifs is 1. The summed E-state index contributed by atoms with van der Waals surface area (Å²) in [5.74, 6) is 1.31. The van der Waals surface area contributed by atoms with Crippen LogP contribution in [0.25, 0.3) is 0 Å². The number of nitro groups is 1. The fourth-order valence-corrected chi connectivity index (χ4v) is 2.24. The van der Waals surface area contributed by atoms with E-state index < -0.39 is 11.8 Å². The summed E-state index contributed by atoms with van der Waals surface area (Å²) in [4.78, 5) is 10.8. The molecule has 7 heteroatoms. The fraction of sp³-hybridized carbons (Fsp3) is 0.538. The zero-order valence-electron chi connectivity index (χ0n) is 11.0. The molecule has 0 atom stereocenters. The molecular formula is C13H15NO6. The Balaban J connectivity index is 1.73. The second kappa shape index (κ2) is 4.92. The highest BCUT2D eigenvalue weighted by atomic mass is 16.7. The van der Waals surface area contributed by atoms with Crippen LogP contribution >= 0.6 is 0 Å². The first-order chi connectivity index (χ1) is 9.64. The molecular weight excluding hydrogens is 266 g/mol. The molecule has 108 valence electrons. The number of rotatable bonds is 3. The Morgan fingerprint density at radius 2 is 2.00 bits per heavy atom. The van der Waals surface area contributed by atoms with Crippen LogP contribution in [-0.4, -0.2) is 30.5 Å². The van der Waals surface area contributed by atoms with Crippen LogP contribution in [0, 0.1) is 10.1 Å². The molecule has 2 aliphatic heterocycles. The highest BCUT2D eigenvalue weighted by Gasteiger charge is 2.46. The Kier molecular flexibility index (Phi) is 3.23. The monoisotopic (exact) mass is 281 g/mol. The summed E-state index contributed by atoms with van der Waals surface area (Å²) < 4.78 is 21.6. The molecule has 0 bridgehead atoms. The number of hydrogen-bond acceptors (Lipinski definition) is 6. The molecule has 0 spiro atoms. The Morgan fingerprint density at radius 1 is 1.30 bits per heavy atom. The van der Waals surface area contributed by atoms with Crippen LogP contribution in [0.2, 0.25) is 0 Å². The van der Waals surface area contributed by atoms with E-state index in [0.717, 1.165) is 5.56 Å². The molecule has 1 saturated heterocycles. The Bertz CT molecular complexity index is 524. The summed E-state index contributed by atoms with van der Waals surface area (Å²) in [6.07, 6.45) is -0.238. The van der Waals surface area contributed by atoms with Gasteiger partial charge >= 0.3 is 0 Å². The van der Waals surface area contributed by atoms with Crippen LogP contribution in [0.15, 0.2) is 18.2 Å². The van der Waals surface area contributed by atoms with E-state index in [1.807, 2.05) is 6.07 Å². The zero-order valence-corrected chi connectivity index (χ0v) is 11.0. The summed E-state index contributed by atoms with van der Waals surface area (Å²) in [7, 11) is 0. The van der Waals surface area contributed by atoms with E-state index in [9.17, 15) is 10.1 Å². The molecule has 1 aromatic rings. The maximum Gasteiger partial charge on any atom is 0.267 e. The largest absolute Gasteiger partial charge is 0.454 e. The zero-order chi connectivity index (χ0) is 14.2. The lowest BCUT2D eigenvalue weighted by Gasteiger charge is -2.33. The number of ether oxygens (including phenoxy) is 4. The number of nitrogens with zero attached hydrogens (tertiary/aromatic N) is 1. The average Bonchev–Trinajstić information content (AvgIpc) is 2.94. The van der Waals surface area contributed by atoms with Gasteiger partial charge in [0, 0.05) is 16.9 Å². The van der Waals surface area contributed by atoms with Crippen molar-refractivity contribution in [3.8, 4) is 11.5 Å². The van der Waals surface area contributed by atoms with Gasteiger partial charge in [0.25, 0.3) is 5.54 Å². The molecule has 1 aromatic carbocycles. The highest BCUT2D eigenvalue weighted by Crippen LogP contribution is 2.37. The van der Waals surface area contributed by atoms with Crippen LogP contribution in [0.4, 0.5) is 0 Å². The molecule has 0 aromatic heterocycles. The van der Waals surface area contributed by atoms with E-state index in [-0.39, 0.29) is 24.9 Å². The van der Waals surface area contributed by atoms with Crippen molar-refractivity contribution in [3.05, 3.63) is 33.9 Å². The van der Waals surface area contributed by atoms with E-state index in [2.05, 4.69) is 0 Å². The standard InChI is InChI=1S/C13H15NO6/c1-2-13(14(15)16)6-17-12(18-7-13)9-3-4-10-11(5-9)20-8-19-10/h3-5,12H,2,6-8H2,1H3. The minimum Gasteiger partial charge on any atom is -0.454 e. The Labute approximate surface area is 115 Å². The normalized spacial score (nSPS) is 28.4. The lowest BCUT2D eigenvalue weighted by Crippen LogP contribution is -2.50. The second-order valence-corrected chi connectivity index (χ2v) is 4.90. The number of benzene rings is 1. The summed E-state index contributed by atoms with van der Waals surface area (Å²) in [6.45, 7) is 2.03. The quantitative estimate of drug-likeness (QED) is 0.621. The first-order valence-electron chi connectivity index (χ1n) is 6.42. The highest BCUT2D eigenvalue weighted by molar-refractivity contribution is 5.44. The summed E-state index contributed by atoms with van der Waals surface area (Å²) in [5.41, 5.74) is -0.380. The molecule has 2 heterocycles. The first kappa shape index (κ1) is 13.1. The van der Waals surface area contributed by atoms with Gasteiger partial charge in [0.05, 0.1) is 0 Å². The summed E-state index contributed by atoms with van der Waals surface area (Å²) in [6, 6.07) is 5.36. The van der Waals surface area contributed by atoms with Gasteiger partial charge in [-0.2, -0.15) is 0 Å². The fourth-order valence-electron chi connectivity index (χ4n) is 2.24. The maximum atomic E-state index is 11.1. The minimum atomic E-state index is -1.15. The van der Waals surface area contributed by atoms with Gasteiger partial charge in [0.1, 0.15) is 13.2 Å². The van der Waals surface area contributed by atoms with Crippen molar-refractivity contribution in [2.45, 2.75) is 25.2 Å². The molecule has 1 fully saturated rings. The molecule has 3 rings (SSSR count). The molecule has 0 unspecified atom stereocenters. The van der Waals surface area contributed by atoms with Crippen molar-refractivity contribution < 1.29 is 23.9 Å². The van der Waals surface area contributed by atoms with E-state index in [1.165, 1.54) is 0 Å². The lowest BCUT2D eigenvalue weighted by atomic mass is 9.98. The van der Waals surface area contributed by atoms with Crippen LogP contribution in [0.1, 0.15) is 25.2 Å². The van der Waals surface area contributed by atoms with Gasteiger partial charge in [0.2, 0.25) is 6.79 Å². The minimum absolute atomic E-state index is 0.0373. The molecule has 0 N–H and O–H groups in total. The van der Waals surface area contributed by atoms with E-state index in [0.29, 0.717) is 17.9 Å². The van der Waals surface area contributed by atoms with Crippen molar-refractivity contribution in [1.29, 1.82) is 0 Å². The molecule has 0 radical (unpaired) electrons. The van der Waals surface area contributed by atoms with Gasteiger partial charge in [-0.3, -0.25) is 10.1 Å². The van der Waals surface area contributed by atoms with Gasteiger partial charge < -0.3 is 18.9 Å². The number of hydrogen-bond donors (Lipinski definition) is 0. The van der Waals surface area contributed by atoms with Crippen molar-refractivity contribution in [2.24, 2.45) is 0 Å².